The van der Waals surface area contributed by atoms with Crippen LogP contribution < -0.4 is 5.32 Å². The number of hydrogen-bond donors (Lipinski definition) is 1. The van der Waals surface area contributed by atoms with E-state index < -0.39 is 9.84 Å². The molecule has 1 fully saturated rings. The van der Waals surface area contributed by atoms with Crippen molar-refractivity contribution in [2.75, 3.05) is 31.6 Å². The number of amides is 1. The standard InChI is InChI=1S/C10H20N2O3S/c1-8(2)12(3)10(13)7-16(14,15)6-9-4-11-5-9/h8-9,11H,4-7H2,1-3H3. The average molecular weight is 248 g/mol. The summed E-state index contributed by atoms with van der Waals surface area (Å²) in [6, 6.07) is 0.0352. The van der Waals surface area contributed by atoms with Gasteiger partial charge in [-0.05, 0) is 19.8 Å². The zero-order chi connectivity index (χ0) is 12.3. The smallest absolute Gasteiger partial charge is 0.237 e. The van der Waals surface area contributed by atoms with Crippen LogP contribution >= 0.6 is 0 Å². The summed E-state index contributed by atoms with van der Waals surface area (Å²) in [7, 11) is -1.62. The highest BCUT2D eigenvalue weighted by atomic mass is 32.2. The molecule has 0 saturated carbocycles. The summed E-state index contributed by atoms with van der Waals surface area (Å²) in [5.74, 6) is -0.375. The molecule has 1 aliphatic rings. The summed E-state index contributed by atoms with van der Waals surface area (Å²) < 4.78 is 23.4. The van der Waals surface area contributed by atoms with Gasteiger partial charge in [-0.1, -0.05) is 0 Å². The summed E-state index contributed by atoms with van der Waals surface area (Å²) in [4.78, 5) is 13.1. The Bertz CT molecular complexity index is 347. The highest BCUT2D eigenvalue weighted by Crippen LogP contribution is 2.08. The number of nitrogens with zero attached hydrogens (tertiary/aromatic N) is 1. The van der Waals surface area contributed by atoms with E-state index in [1.807, 2.05) is 13.8 Å². The molecule has 94 valence electrons. The topological polar surface area (TPSA) is 66.5 Å². The second kappa shape index (κ2) is 5.14. The molecule has 0 atom stereocenters. The maximum atomic E-state index is 11.7. The lowest BCUT2D eigenvalue weighted by Gasteiger charge is -2.27. The van der Waals surface area contributed by atoms with Crippen molar-refractivity contribution >= 4 is 15.7 Å². The molecule has 1 saturated heterocycles. The molecule has 1 heterocycles. The molecule has 0 unspecified atom stereocenters. The van der Waals surface area contributed by atoms with E-state index in [9.17, 15) is 13.2 Å². The summed E-state index contributed by atoms with van der Waals surface area (Å²) in [5, 5.41) is 3.02. The molecular formula is C10H20N2O3S. The zero-order valence-corrected chi connectivity index (χ0v) is 10.9. The molecule has 0 aromatic carbocycles. The van der Waals surface area contributed by atoms with Gasteiger partial charge in [-0.2, -0.15) is 0 Å². The van der Waals surface area contributed by atoms with Crippen LogP contribution in [0.2, 0.25) is 0 Å². The van der Waals surface area contributed by atoms with E-state index in [2.05, 4.69) is 5.32 Å². The predicted octanol–water partition coefficient (Wildman–Crippen LogP) is -0.513. The van der Waals surface area contributed by atoms with Crippen molar-refractivity contribution in [3.63, 3.8) is 0 Å². The van der Waals surface area contributed by atoms with Crippen LogP contribution in [-0.4, -0.2) is 56.9 Å². The summed E-state index contributed by atoms with van der Waals surface area (Å²) in [5.41, 5.74) is 0. The molecule has 6 heteroatoms. The first kappa shape index (κ1) is 13.4. The molecule has 1 rings (SSSR count). The molecule has 1 amide bonds. The first-order valence-corrected chi connectivity index (χ1v) is 7.31. The van der Waals surface area contributed by atoms with E-state index >= 15 is 0 Å². The molecule has 1 aliphatic heterocycles. The Morgan fingerprint density at radius 1 is 1.44 bits per heavy atom. The van der Waals surface area contributed by atoms with Crippen molar-refractivity contribution < 1.29 is 13.2 Å². The van der Waals surface area contributed by atoms with Crippen LogP contribution in [0, 0.1) is 5.92 Å². The van der Waals surface area contributed by atoms with Gasteiger partial charge < -0.3 is 10.2 Å². The quantitative estimate of drug-likeness (QED) is 0.711. The van der Waals surface area contributed by atoms with Crippen molar-refractivity contribution in [3.8, 4) is 0 Å². The fourth-order valence-electron chi connectivity index (χ4n) is 1.46. The maximum Gasteiger partial charge on any atom is 0.237 e. The summed E-state index contributed by atoms with van der Waals surface area (Å²) in [6.45, 7) is 5.21. The van der Waals surface area contributed by atoms with Crippen LogP contribution in [0.4, 0.5) is 0 Å². The lowest BCUT2D eigenvalue weighted by molar-refractivity contribution is -0.128. The lowest BCUT2D eigenvalue weighted by Crippen LogP contribution is -2.47. The van der Waals surface area contributed by atoms with Gasteiger partial charge in [-0.25, -0.2) is 8.42 Å². The van der Waals surface area contributed by atoms with Gasteiger partial charge in [-0.3, -0.25) is 4.79 Å². The number of carbonyl (C=O) groups is 1. The van der Waals surface area contributed by atoms with Crippen LogP contribution in [0.1, 0.15) is 13.8 Å². The minimum Gasteiger partial charge on any atom is -0.342 e. The van der Waals surface area contributed by atoms with Crippen molar-refractivity contribution in [2.45, 2.75) is 19.9 Å². The van der Waals surface area contributed by atoms with Crippen molar-refractivity contribution in [1.82, 2.24) is 10.2 Å². The summed E-state index contributed by atoms with van der Waals surface area (Å²) in [6.07, 6.45) is 0. The number of nitrogens with one attached hydrogen (secondary N) is 1. The predicted molar refractivity (Wildman–Crippen MR) is 62.9 cm³/mol. The third-order valence-corrected chi connectivity index (χ3v) is 4.53. The SMILES string of the molecule is CC(C)N(C)C(=O)CS(=O)(=O)CC1CNC1. The molecule has 1 N–H and O–H groups in total. The van der Waals surface area contributed by atoms with Gasteiger partial charge in [0.1, 0.15) is 5.75 Å². The molecule has 0 aliphatic carbocycles. The molecule has 0 bridgehead atoms. The Morgan fingerprint density at radius 2 is 2.00 bits per heavy atom. The molecule has 0 aromatic rings. The second-order valence-electron chi connectivity index (χ2n) is 4.68. The Kier molecular flexibility index (Phi) is 4.32. The molecule has 0 radical (unpaired) electrons. The van der Waals surface area contributed by atoms with Crippen LogP contribution in [0.25, 0.3) is 0 Å². The third-order valence-electron chi connectivity index (χ3n) is 2.87. The van der Waals surface area contributed by atoms with E-state index in [4.69, 9.17) is 0 Å². The number of carbonyl (C=O) groups excluding carboxylic acids is 1. The van der Waals surface area contributed by atoms with E-state index in [0.29, 0.717) is 0 Å². The van der Waals surface area contributed by atoms with Gasteiger partial charge >= 0.3 is 0 Å². The molecule has 16 heavy (non-hydrogen) atoms. The van der Waals surface area contributed by atoms with Gasteiger partial charge in [0.25, 0.3) is 0 Å². The maximum absolute atomic E-state index is 11.7. The van der Waals surface area contributed by atoms with Gasteiger partial charge in [0.05, 0.1) is 5.75 Å². The molecule has 5 nitrogen and oxygen atoms in total. The Balaban J connectivity index is 2.48. The van der Waals surface area contributed by atoms with E-state index in [1.165, 1.54) is 4.90 Å². The van der Waals surface area contributed by atoms with Crippen LogP contribution in [0.15, 0.2) is 0 Å². The van der Waals surface area contributed by atoms with Gasteiger partial charge in [0, 0.05) is 26.2 Å². The number of rotatable bonds is 5. The number of hydrogen-bond acceptors (Lipinski definition) is 4. The highest BCUT2D eigenvalue weighted by Gasteiger charge is 2.27. The fourth-order valence-corrected chi connectivity index (χ4v) is 3.11. The van der Waals surface area contributed by atoms with E-state index in [-0.39, 0.29) is 29.4 Å². The Labute approximate surface area is 97.1 Å². The minimum atomic E-state index is -3.25. The van der Waals surface area contributed by atoms with Crippen molar-refractivity contribution in [3.05, 3.63) is 0 Å². The van der Waals surface area contributed by atoms with Crippen LogP contribution in [-0.2, 0) is 14.6 Å². The second-order valence-corrected chi connectivity index (χ2v) is 6.79. The van der Waals surface area contributed by atoms with Gasteiger partial charge in [-0.15, -0.1) is 0 Å². The Morgan fingerprint density at radius 3 is 2.38 bits per heavy atom. The number of sulfone groups is 1. The average Bonchev–Trinajstić information content (AvgIpc) is 2.09. The molecule has 0 aromatic heterocycles. The van der Waals surface area contributed by atoms with Crippen LogP contribution in [0.5, 0.6) is 0 Å². The Hall–Kier alpha value is -0.620. The zero-order valence-electron chi connectivity index (χ0n) is 10.1. The van der Waals surface area contributed by atoms with E-state index in [0.717, 1.165) is 13.1 Å². The van der Waals surface area contributed by atoms with Crippen LogP contribution in [0.3, 0.4) is 0 Å². The van der Waals surface area contributed by atoms with Gasteiger partial charge in [0.2, 0.25) is 5.91 Å². The first-order valence-electron chi connectivity index (χ1n) is 5.48. The highest BCUT2D eigenvalue weighted by molar-refractivity contribution is 7.92. The molecular weight excluding hydrogens is 228 g/mol. The van der Waals surface area contributed by atoms with Crippen molar-refractivity contribution in [1.29, 1.82) is 0 Å². The normalized spacial score (nSPS) is 17.2. The van der Waals surface area contributed by atoms with Crippen molar-refractivity contribution in [2.24, 2.45) is 5.92 Å². The minimum absolute atomic E-state index is 0.0352. The van der Waals surface area contributed by atoms with E-state index in [1.54, 1.807) is 7.05 Å². The monoisotopic (exact) mass is 248 g/mol. The summed E-state index contributed by atoms with van der Waals surface area (Å²) >= 11 is 0. The fraction of sp³-hybridized carbons (Fsp3) is 0.900. The lowest BCUT2D eigenvalue weighted by atomic mass is 10.1. The first-order chi connectivity index (χ1) is 7.32. The third kappa shape index (κ3) is 3.75. The molecule has 0 spiro atoms. The van der Waals surface area contributed by atoms with Gasteiger partial charge in [0.15, 0.2) is 9.84 Å². The largest absolute Gasteiger partial charge is 0.342 e.